The summed E-state index contributed by atoms with van der Waals surface area (Å²) >= 11 is 1.73. The summed E-state index contributed by atoms with van der Waals surface area (Å²) in [5.74, 6) is -0.216. The lowest BCUT2D eigenvalue weighted by molar-refractivity contribution is 0.138. The number of rotatable bonds is 3. The molecule has 0 N–H and O–H groups in total. The van der Waals surface area contributed by atoms with E-state index in [2.05, 4.69) is 9.88 Å². The first-order valence-corrected chi connectivity index (χ1v) is 8.86. The maximum Gasteiger partial charge on any atom is 0.123 e. The number of nitrogens with zero attached hydrogens (tertiary/aromatic N) is 3. The van der Waals surface area contributed by atoms with Crippen LogP contribution in [-0.2, 0) is 6.54 Å². The predicted molar refractivity (Wildman–Crippen MR) is 90.8 cm³/mol. The Labute approximate surface area is 138 Å². The van der Waals surface area contributed by atoms with Gasteiger partial charge in [0.15, 0.2) is 0 Å². The number of pyridine rings is 1. The molecule has 1 aromatic carbocycles. The Morgan fingerprint density at radius 1 is 1.22 bits per heavy atom. The molecule has 3 nitrogen and oxygen atoms in total. The molecular weight excluding hydrogens is 309 g/mol. The van der Waals surface area contributed by atoms with Crippen LogP contribution in [0.3, 0.4) is 0 Å². The summed E-state index contributed by atoms with van der Waals surface area (Å²) in [6.07, 6.45) is 5.52. The van der Waals surface area contributed by atoms with Gasteiger partial charge in [0.2, 0.25) is 0 Å². The first-order chi connectivity index (χ1) is 11.3. The maximum absolute atomic E-state index is 13.3. The third-order valence-corrected chi connectivity index (χ3v) is 5.30. The van der Waals surface area contributed by atoms with Crippen molar-refractivity contribution in [3.8, 4) is 0 Å². The molecule has 0 amide bonds. The summed E-state index contributed by atoms with van der Waals surface area (Å²) in [5.41, 5.74) is 1.89. The number of hydrogen-bond acceptors (Lipinski definition) is 4. The molecule has 1 atom stereocenters. The minimum atomic E-state index is -0.216. The van der Waals surface area contributed by atoms with Gasteiger partial charge in [-0.1, -0.05) is 12.5 Å². The lowest BCUT2D eigenvalue weighted by Gasteiger charge is -2.34. The van der Waals surface area contributed by atoms with E-state index in [0.29, 0.717) is 6.04 Å². The van der Waals surface area contributed by atoms with E-state index in [1.54, 1.807) is 17.4 Å². The summed E-state index contributed by atoms with van der Waals surface area (Å²) < 4.78 is 13.3. The molecule has 118 valence electrons. The lowest BCUT2D eigenvalue weighted by Crippen LogP contribution is -2.33. The third kappa shape index (κ3) is 3.12. The Morgan fingerprint density at radius 3 is 3.04 bits per heavy atom. The Balaban J connectivity index is 1.59. The molecule has 23 heavy (non-hydrogen) atoms. The van der Waals surface area contributed by atoms with Crippen molar-refractivity contribution in [2.45, 2.75) is 31.8 Å². The average molecular weight is 327 g/mol. The second kappa shape index (κ2) is 6.34. The molecule has 0 unspecified atom stereocenters. The normalized spacial score (nSPS) is 19.3. The molecule has 0 radical (unpaired) electrons. The van der Waals surface area contributed by atoms with Crippen LogP contribution in [0.4, 0.5) is 4.39 Å². The molecule has 0 bridgehead atoms. The van der Waals surface area contributed by atoms with E-state index < -0.39 is 0 Å². The highest BCUT2D eigenvalue weighted by Gasteiger charge is 2.26. The fraction of sp³-hybridized carbons (Fsp3) is 0.333. The fourth-order valence-electron chi connectivity index (χ4n) is 3.29. The molecule has 0 spiro atoms. The zero-order chi connectivity index (χ0) is 15.6. The molecule has 5 heteroatoms. The Morgan fingerprint density at radius 2 is 2.17 bits per heavy atom. The number of fused-ring (bicyclic) bond motifs is 1. The standard InChI is InChI=1S/C18H18FN3S/c19-14-5-7-16-13(11-14)4-6-15(21-16)12-22-9-2-1-3-17(22)18-20-8-10-23-18/h4-8,10-11,17H,1-3,9,12H2/t17-/m0/s1. The van der Waals surface area contributed by atoms with Gasteiger partial charge in [0.25, 0.3) is 0 Å². The number of aromatic nitrogens is 2. The van der Waals surface area contributed by atoms with Crippen molar-refractivity contribution in [1.82, 2.24) is 14.9 Å². The molecule has 1 aliphatic rings. The highest BCUT2D eigenvalue weighted by atomic mass is 32.1. The number of hydrogen-bond donors (Lipinski definition) is 0. The van der Waals surface area contributed by atoms with Crippen LogP contribution in [0.2, 0.25) is 0 Å². The van der Waals surface area contributed by atoms with Crippen LogP contribution in [0.1, 0.15) is 36.0 Å². The van der Waals surface area contributed by atoms with E-state index in [1.165, 1.54) is 30.0 Å². The minimum absolute atomic E-state index is 0.216. The second-order valence-corrected chi connectivity index (χ2v) is 6.92. The second-order valence-electron chi connectivity index (χ2n) is 5.99. The topological polar surface area (TPSA) is 29.0 Å². The quantitative estimate of drug-likeness (QED) is 0.706. The summed E-state index contributed by atoms with van der Waals surface area (Å²) in [6, 6.07) is 9.12. The first kappa shape index (κ1) is 14.7. The van der Waals surface area contributed by atoms with Gasteiger partial charge in [0.05, 0.1) is 17.3 Å². The van der Waals surface area contributed by atoms with Gasteiger partial charge in [0.1, 0.15) is 10.8 Å². The number of halogens is 1. The molecular formula is C18H18FN3S. The van der Waals surface area contributed by atoms with Gasteiger partial charge >= 0.3 is 0 Å². The number of piperidine rings is 1. The Kier molecular flexibility index (Phi) is 4.06. The summed E-state index contributed by atoms with van der Waals surface area (Å²) in [5, 5.41) is 4.10. The third-order valence-electron chi connectivity index (χ3n) is 4.42. The molecule has 1 aliphatic heterocycles. The molecule has 1 fully saturated rings. The van der Waals surface area contributed by atoms with E-state index in [9.17, 15) is 4.39 Å². The molecule has 0 saturated carbocycles. The van der Waals surface area contributed by atoms with Crippen molar-refractivity contribution in [2.24, 2.45) is 0 Å². The van der Waals surface area contributed by atoms with E-state index in [0.717, 1.165) is 36.1 Å². The van der Waals surface area contributed by atoms with Crippen LogP contribution in [0.15, 0.2) is 41.9 Å². The van der Waals surface area contributed by atoms with Crippen molar-refractivity contribution < 1.29 is 4.39 Å². The predicted octanol–water partition coefficient (Wildman–Crippen LogP) is 4.56. The SMILES string of the molecule is Fc1ccc2nc(CN3CCCC[C@H]3c3nccs3)ccc2c1. The van der Waals surface area contributed by atoms with Gasteiger partial charge in [-0.2, -0.15) is 0 Å². The lowest BCUT2D eigenvalue weighted by atomic mass is 10.0. The van der Waals surface area contributed by atoms with Gasteiger partial charge < -0.3 is 0 Å². The van der Waals surface area contributed by atoms with Crippen molar-refractivity contribution in [3.63, 3.8) is 0 Å². The van der Waals surface area contributed by atoms with Crippen LogP contribution in [0.25, 0.3) is 10.9 Å². The van der Waals surface area contributed by atoms with E-state index in [-0.39, 0.29) is 5.82 Å². The van der Waals surface area contributed by atoms with E-state index >= 15 is 0 Å². The van der Waals surface area contributed by atoms with Crippen LogP contribution >= 0.6 is 11.3 Å². The van der Waals surface area contributed by atoms with Gasteiger partial charge in [0, 0.05) is 23.5 Å². The monoisotopic (exact) mass is 327 g/mol. The van der Waals surface area contributed by atoms with Gasteiger partial charge in [-0.3, -0.25) is 9.88 Å². The number of benzene rings is 1. The fourth-order valence-corrected chi connectivity index (χ4v) is 4.10. The van der Waals surface area contributed by atoms with Crippen molar-refractivity contribution in [1.29, 1.82) is 0 Å². The van der Waals surface area contributed by atoms with Crippen molar-refractivity contribution in [2.75, 3.05) is 6.54 Å². The summed E-state index contributed by atoms with van der Waals surface area (Å²) in [7, 11) is 0. The molecule has 2 aromatic heterocycles. The van der Waals surface area contributed by atoms with Crippen LogP contribution < -0.4 is 0 Å². The zero-order valence-corrected chi connectivity index (χ0v) is 13.6. The first-order valence-electron chi connectivity index (χ1n) is 7.98. The summed E-state index contributed by atoms with van der Waals surface area (Å²) in [4.78, 5) is 11.7. The van der Waals surface area contributed by atoms with Crippen molar-refractivity contribution in [3.05, 3.63) is 58.4 Å². The van der Waals surface area contributed by atoms with Gasteiger partial charge in [-0.05, 0) is 43.7 Å². The smallest absolute Gasteiger partial charge is 0.123 e. The largest absolute Gasteiger partial charge is 0.288 e. The number of likely N-dealkylation sites (tertiary alicyclic amines) is 1. The van der Waals surface area contributed by atoms with Crippen LogP contribution in [-0.4, -0.2) is 21.4 Å². The molecule has 0 aliphatic carbocycles. The van der Waals surface area contributed by atoms with Gasteiger partial charge in [-0.15, -0.1) is 11.3 Å². The van der Waals surface area contributed by atoms with Crippen LogP contribution in [0, 0.1) is 5.82 Å². The molecule has 1 saturated heterocycles. The Hall–Kier alpha value is -1.85. The molecule has 4 rings (SSSR count). The van der Waals surface area contributed by atoms with Gasteiger partial charge in [-0.25, -0.2) is 9.37 Å². The number of thiazole rings is 1. The van der Waals surface area contributed by atoms with E-state index in [4.69, 9.17) is 4.98 Å². The maximum atomic E-state index is 13.3. The summed E-state index contributed by atoms with van der Waals surface area (Å²) in [6.45, 7) is 1.89. The van der Waals surface area contributed by atoms with E-state index in [1.807, 2.05) is 23.7 Å². The van der Waals surface area contributed by atoms with Crippen molar-refractivity contribution >= 4 is 22.2 Å². The molecule has 3 aromatic rings. The minimum Gasteiger partial charge on any atom is -0.288 e. The Bertz CT molecular complexity index is 803. The highest BCUT2D eigenvalue weighted by Crippen LogP contribution is 2.33. The molecule has 3 heterocycles. The highest BCUT2D eigenvalue weighted by molar-refractivity contribution is 7.09. The average Bonchev–Trinajstić information content (AvgIpc) is 3.10. The van der Waals surface area contributed by atoms with Crippen LogP contribution in [0.5, 0.6) is 0 Å². The zero-order valence-electron chi connectivity index (χ0n) is 12.8.